The number of furan rings is 1. The average molecular weight is 343 g/mol. The van der Waals surface area contributed by atoms with Crippen molar-refractivity contribution >= 4 is 40.0 Å². The molecule has 1 aliphatic carbocycles. The zero-order valence-electron chi connectivity index (χ0n) is 13.6. The number of carbonyl (C=O) groups excluding carboxylic acids is 1. The lowest BCUT2D eigenvalue weighted by Crippen LogP contribution is -2.18. The lowest BCUT2D eigenvalue weighted by molar-refractivity contribution is 0.102. The van der Waals surface area contributed by atoms with Crippen LogP contribution in [0.5, 0.6) is 0 Å². The lowest BCUT2D eigenvalue weighted by Gasteiger charge is -2.13. The Labute approximate surface area is 142 Å². The van der Waals surface area contributed by atoms with Crippen molar-refractivity contribution in [2.75, 3.05) is 10.6 Å². The summed E-state index contributed by atoms with van der Waals surface area (Å²) in [6, 6.07) is 0. The van der Waals surface area contributed by atoms with Crippen LogP contribution in [-0.4, -0.2) is 26.4 Å². The highest BCUT2D eigenvalue weighted by Gasteiger charge is 2.38. The molecule has 0 aromatic carbocycles. The fourth-order valence-corrected chi connectivity index (χ4v) is 3.16. The summed E-state index contributed by atoms with van der Waals surface area (Å²) < 4.78 is 5.67. The number of hydrogen-bond donors (Lipinski definition) is 2. The molecular formula is C16H17N5O2S. The Bertz CT molecular complexity index is 941. The molecule has 1 amide bonds. The molecule has 1 saturated carbocycles. The smallest absolute Gasteiger partial charge is 0.261 e. The third-order valence-electron chi connectivity index (χ3n) is 4.17. The molecule has 8 heteroatoms. The van der Waals surface area contributed by atoms with E-state index in [0.717, 1.165) is 17.8 Å². The maximum absolute atomic E-state index is 12.8. The summed E-state index contributed by atoms with van der Waals surface area (Å²) in [5.74, 6) is 1.42. The van der Waals surface area contributed by atoms with Crippen LogP contribution in [0.1, 0.15) is 40.9 Å². The average Bonchev–Trinajstić information content (AvgIpc) is 2.94. The summed E-state index contributed by atoms with van der Waals surface area (Å²) in [5, 5.41) is 9.55. The van der Waals surface area contributed by atoms with Crippen LogP contribution in [0.25, 0.3) is 11.1 Å². The molecule has 4 rings (SSSR count). The second kappa shape index (κ2) is 5.27. The number of rotatable bonds is 4. The molecule has 0 aliphatic heterocycles. The number of nitrogens with one attached hydrogen (secondary N) is 2. The Balaban J connectivity index is 1.76. The van der Waals surface area contributed by atoms with Gasteiger partial charge in [-0.25, -0.2) is 15.0 Å². The zero-order valence-corrected chi connectivity index (χ0v) is 14.5. The number of aromatic nitrogens is 3. The van der Waals surface area contributed by atoms with Crippen molar-refractivity contribution in [2.24, 2.45) is 0 Å². The normalized spacial score (nSPS) is 15.5. The fraction of sp³-hybridized carbons (Fsp3) is 0.375. The second-order valence-electron chi connectivity index (χ2n) is 6.33. The highest BCUT2D eigenvalue weighted by atomic mass is 32.1. The summed E-state index contributed by atoms with van der Waals surface area (Å²) in [6.07, 6.45) is 3.61. The van der Waals surface area contributed by atoms with Gasteiger partial charge < -0.3 is 15.1 Å². The van der Waals surface area contributed by atoms with Gasteiger partial charge >= 0.3 is 0 Å². The predicted octanol–water partition coefficient (Wildman–Crippen LogP) is 3.51. The van der Waals surface area contributed by atoms with Crippen molar-refractivity contribution in [3.05, 3.63) is 28.0 Å². The monoisotopic (exact) mass is 343 g/mol. The molecule has 1 fully saturated rings. The van der Waals surface area contributed by atoms with Gasteiger partial charge in [-0.3, -0.25) is 4.79 Å². The summed E-state index contributed by atoms with van der Waals surface area (Å²) in [5.41, 5.74) is 0.892. The van der Waals surface area contributed by atoms with E-state index in [0.29, 0.717) is 34.1 Å². The Morgan fingerprint density at radius 1 is 1.33 bits per heavy atom. The standard InChI is InChI=1S/C16H17N5O2S/c1-8-11(14(22)20-10-6-24-9(2)19-10)12-13(21-16(3)4-5-16)17-7-18-15(12)23-8/h6-7H,4-5H2,1-3H3,(H,20,22)(H,17,18,21). The van der Waals surface area contributed by atoms with E-state index in [4.69, 9.17) is 4.42 Å². The summed E-state index contributed by atoms with van der Waals surface area (Å²) in [7, 11) is 0. The molecule has 7 nitrogen and oxygen atoms in total. The van der Waals surface area contributed by atoms with E-state index in [-0.39, 0.29) is 11.4 Å². The van der Waals surface area contributed by atoms with Crippen LogP contribution in [0.15, 0.2) is 16.1 Å². The van der Waals surface area contributed by atoms with E-state index in [1.54, 1.807) is 6.92 Å². The third kappa shape index (κ3) is 2.62. The van der Waals surface area contributed by atoms with Crippen molar-refractivity contribution in [3.63, 3.8) is 0 Å². The number of nitrogens with zero attached hydrogens (tertiary/aromatic N) is 3. The highest BCUT2D eigenvalue weighted by Crippen LogP contribution is 2.40. The second-order valence-corrected chi connectivity index (χ2v) is 7.39. The minimum atomic E-state index is -0.268. The number of carbonyl (C=O) groups is 1. The number of aryl methyl sites for hydroxylation is 2. The number of thiazole rings is 1. The first-order valence-electron chi connectivity index (χ1n) is 7.71. The molecule has 3 heterocycles. The minimum absolute atomic E-state index is 0.0340. The molecule has 0 atom stereocenters. The molecule has 0 radical (unpaired) electrons. The van der Waals surface area contributed by atoms with Crippen LogP contribution in [0.2, 0.25) is 0 Å². The maximum atomic E-state index is 12.8. The van der Waals surface area contributed by atoms with Crippen molar-refractivity contribution in [1.82, 2.24) is 15.0 Å². The van der Waals surface area contributed by atoms with Gasteiger partial charge in [0.15, 0.2) is 0 Å². The van der Waals surface area contributed by atoms with Crippen LogP contribution in [0.3, 0.4) is 0 Å². The van der Waals surface area contributed by atoms with E-state index >= 15 is 0 Å². The Morgan fingerprint density at radius 2 is 2.12 bits per heavy atom. The summed E-state index contributed by atoms with van der Waals surface area (Å²) in [6.45, 7) is 5.78. The van der Waals surface area contributed by atoms with Crippen LogP contribution in [-0.2, 0) is 0 Å². The van der Waals surface area contributed by atoms with Crippen molar-refractivity contribution in [1.29, 1.82) is 0 Å². The number of amides is 1. The molecule has 0 unspecified atom stereocenters. The van der Waals surface area contributed by atoms with Crippen molar-refractivity contribution in [2.45, 2.75) is 39.2 Å². The van der Waals surface area contributed by atoms with E-state index in [1.807, 2.05) is 12.3 Å². The Hall–Kier alpha value is -2.48. The maximum Gasteiger partial charge on any atom is 0.261 e. The summed E-state index contributed by atoms with van der Waals surface area (Å²) >= 11 is 1.48. The SMILES string of the molecule is Cc1nc(NC(=O)c2c(C)oc3ncnc(NC4(C)CC4)c23)cs1. The predicted molar refractivity (Wildman–Crippen MR) is 92.6 cm³/mol. The Kier molecular flexibility index (Phi) is 3.31. The molecule has 0 spiro atoms. The first-order valence-corrected chi connectivity index (χ1v) is 8.59. The Morgan fingerprint density at radius 3 is 2.79 bits per heavy atom. The van der Waals surface area contributed by atoms with Gasteiger partial charge in [-0.15, -0.1) is 11.3 Å². The van der Waals surface area contributed by atoms with Crippen LogP contribution < -0.4 is 10.6 Å². The topological polar surface area (TPSA) is 92.9 Å². The molecule has 0 saturated heterocycles. The van der Waals surface area contributed by atoms with Crippen LogP contribution in [0, 0.1) is 13.8 Å². The van der Waals surface area contributed by atoms with Gasteiger partial charge in [0, 0.05) is 10.9 Å². The van der Waals surface area contributed by atoms with Crippen molar-refractivity contribution < 1.29 is 9.21 Å². The zero-order chi connectivity index (χ0) is 16.9. The summed E-state index contributed by atoms with van der Waals surface area (Å²) in [4.78, 5) is 25.5. The van der Waals surface area contributed by atoms with Gasteiger partial charge in [-0.1, -0.05) is 0 Å². The quantitative estimate of drug-likeness (QED) is 0.753. The molecule has 124 valence electrons. The van der Waals surface area contributed by atoms with Gasteiger partial charge in [-0.2, -0.15) is 0 Å². The largest absolute Gasteiger partial charge is 0.442 e. The first kappa shape index (κ1) is 15.1. The molecule has 3 aromatic rings. The van der Waals surface area contributed by atoms with E-state index in [2.05, 4.69) is 32.5 Å². The third-order valence-corrected chi connectivity index (χ3v) is 4.95. The van der Waals surface area contributed by atoms with E-state index in [9.17, 15) is 4.79 Å². The van der Waals surface area contributed by atoms with E-state index < -0.39 is 0 Å². The first-order chi connectivity index (χ1) is 11.5. The number of hydrogen-bond acceptors (Lipinski definition) is 7. The highest BCUT2D eigenvalue weighted by molar-refractivity contribution is 7.09. The van der Waals surface area contributed by atoms with Gasteiger partial charge in [-0.05, 0) is 33.6 Å². The molecule has 2 N–H and O–H groups in total. The lowest BCUT2D eigenvalue weighted by atomic mass is 10.1. The van der Waals surface area contributed by atoms with E-state index in [1.165, 1.54) is 17.7 Å². The molecular weight excluding hydrogens is 326 g/mol. The van der Waals surface area contributed by atoms with Crippen LogP contribution >= 0.6 is 11.3 Å². The fourth-order valence-electron chi connectivity index (χ4n) is 2.61. The van der Waals surface area contributed by atoms with Gasteiger partial charge in [0.05, 0.1) is 16.0 Å². The van der Waals surface area contributed by atoms with Crippen molar-refractivity contribution in [3.8, 4) is 0 Å². The molecule has 24 heavy (non-hydrogen) atoms. The molecule has 0 bridgehead atoms. The number of fused-ring (bicyclic) bond motifs is 1. The molecule has 3 aromatic heterocycles. The molecule has 1 aliphatic rings. The van der Waals surface area contributed by atoms with Gasteiger partial charge in [0.25, 0.3) is 5.91 Å². The van der Waals surface area contributed by atoms with Gasteiger partial charge in [0.1, 0.15) is 23.7 Å². The van der Waals surface area contributed by atoms with Gasteiger partial charge in [0.2, 0.25) is 5.71 Å². The van der Waals surface area contributed by atoms with Crippen LogP contribution in [0.4, 0.5) is 11.6 Å². The minimum Gasteiger partial charge on any atom is -0.442 e. The number of anilines is 2.